The Hall–Kier alpha value is -0.860. The average Bonchev–Trinajstić information content (AvgIpc) is 2.17. The molecule has 16 heavy (non-hydrogen) atoms. The molecule has 0 radical (unpaired) electrons. The molecule has 2 unspecified atom stereocenters. The van der Waals surface area contributed by atoms with Gasteiger partial charge in [-0.2, -0.15) is 0 Å². The summed E-state index contributed by atoms with van der Waals surface area (Å²) in [6, 6.07) is 10.4. The fourth-order valence-corrected chi connectivity index (χ4v) is 2.03. The molecule has 0 saturated heterocycles. The molecule has 2 nitrogen and oxygen atoms in total. The van der Waals surface area contributed by atoms with Crippen LogP contribution in [0.2, 0.25) is 0 Å². The van der Waals surface area contributed by atoms with E-state index in [1.807, 2.05) is 25.1 Å². The second-order valence-corrected chi connectivity index (χ2v) is 5.74. The first-order valence-corrected chi connectivity index (χ1v) is 5.86. The highest BCUT2D eigenvalue weighted by atomic mass is 14.8. The standard InChI is InChI=1S/C14H24N2/c1-11(15)13(2,3)10-14(4,16)12-8-6-5-7-9-12/h5-9,11H,10,15-16H2,1-4H3. The summed E-state index contributed by atoms with van der Waals surface area (Å²) in [5, 5.41) is 0. The minimum Gasteiger partial charge on any atom is -0.327 e. The second kappa shape index (κ2) is 4.56. The lowest BCUT2D eigenvalue weighted by atomic mass is 9.73. The molecule has 0 amide bonds. The van der Waals surface area contributed by atoms with Crippen LogP contribution in [-0.2, 0) is 5.54 Å². The summed E-state index contributed by atoms with van der Waals surface area (Å²) < 4.78 is 0. The first kappa shape index (κ1) is 13.2. The Morgan fingerprint density at radius 1 is 1.12 bits per heavy atom. The summed E-state index contributed by atoms with van der Waals surface area (Å²) in [6.07, 6.45) is 0.877. The van der Waals surface area contributed by atoms with Gasteiger partial charge in [0, 0.05) is 11.6 Å². The highest BCUT2D eigenvalue weighted by Crippen LogP contribution is 2.34. The van der Waals surface area contributed by atoms with Crippen molar-refractivity contribution in [3.63, 3.8) is 0 Å². The molecule has 0 aliphatic carbocycles. The van der Waals surface area contributed by atoms with Crippen molar-refractivity contribution < 1.29 is 0 Å². The highest BCUT2D eigenvalue weighted by molar-refractivity contribution is 5.23. The molecule has 1 rings (SSSR count). The molecule has 0 heterocycles. The third-order valence-corrected chi connectivity index (χ3v) is 3.49. The Bertz CT molecular complexity index is 326. The monoisotopic (exact) mass is 220 g/mol. The van der Waals surface area contributed by atoms with Gasteiger partial charge in [-0.15, -0.1) is 0 Å². The molecule has 0 bridgehead atoms. The van der Waals surface area contributed by atoms with Crippen molar-refractivity contribution in [3.05, 3.63) is 35.9 Å². The molecule has 0 aliphatic rings. The summed E-state index contributed by atoms with van der Waals surface area (Å²) in [4.78, 5) is 0. The van der Waals surface area contributed by atoms with E-state index >= 15 is 0 Å². The summed E-state index contributed by atoms with van der Waals surface area (Å²) in [6.45, 7) is 8.46. The van der Waals surface area contributed by atoms with Gasteiger partial charge in [0.1, 0.15) is 0 Å². The fourth-order valence-electron chi connectivity index (χ4n) is 2.03. The molecule has 2 atom stereocenters. The lowest BCUT2D eigenvalue weighted by Crippen LogP contribution is -2.44. The Balaban J connectivity index is 2.88. The van der Waals surface area contributed by atoms with Crippen LogP contribution in [0.5, 0.6) is 0 Å². The van der Waals surface area contributed by atoms with E-state index in [1.54, 1.807) is 0 Å². The number of benzene rings is 1. The van der Waals surface area contributed by atoms with Crippen LogP contribution < -0.4 is 11.5 Å². The van der Waals surface area contributed by atoms with Crippen molar-refractivity contribution in [3.8, 4) is 0 Å². The lowest BCUT2D eigenvalue weighted by Gasteiger charge is -2.37. The molecule has 1 aromatic rings. The van der Waals surface area contributed by atoms with Gasteiger partial charge < -0.3 is 11.5 Å². The number of hydrogen-bond acceptors (Lipinski definition) is 2. The maximum Gasteiger partial charge on any atom is 0.0386 e. The first-order chi connectivity index (χ1) is 7.26. The topological polar surface area (TPSA) is 52.0 Å². The molecule has 1 aromatic carbocycles. The minimum absolute atomic E-state index is 0.0410. The van der Waals surface area contributed by atoms with Crippen molar-refractivity contribution in [2.24, 2.45) is 16.9 Å². The van der Waals surface area contributed by atoms with Gasteiger partial charge in [0.15, 0.2) is 0 Å². The number of nitrogens with two attached hydrogens (primary N) is 2. The number of rotatable bonds is 4. The van der Waals surface area contributed by atoms with Crippen molar-refractivity contribution in [1.82, 2.24) is 0 Å². The predicted molar refractivity (Wildman–Crippen MR) is 70.0 cm³/mol. The van der Waals surface area contributed by atoms with Gasteiger partial charge in [0.25, 0.3) is 0 Å². The smallest absolute Gasteiger partial charge is 0.0386 e. The van der Waals surface area contributed by atoms with Crippen LogP contribution in [-0.4, -0.2) is 6.04 Å². The summed E-state index contributed by atoms with van der Waals surface area (Å²) in [5.74, 6) is 0. The number of hydrogen-bond donors (Lipinski definition) is 2. The van der Waals surface area contributed by atoms with Crippen molar-refractivity contribution >= 4 is 0 Å². The van der Waals surface area contributed by atoms with E-state index < -0.39 is 0 Å². The normalized spacial score (nSPS) is 17.9. The van der Waals surface area contributed by atoms with Crippen LogP contribution in [0.25, 0.3) is 0 Å². The molecule has 4 N–H and O–H groups in total. The van der Waals surface area contributed by atoms with E-state index in [4.69, 9.17) is 11.5 Å². The van der Waals surface area contributed by atoms with E-state index in [1.165, 1.54) is 5.56 Å². The SMILES string of the molecule is CC(N)C(C)(C)CC(C)(N)c1ccccc1. The van der Waals surface area contributed by atoms with Gasteiger partial charge in [0.05, 0.1) is 0 Å². The van der Waals surface area contributed by atoms with Crippen LogP contribution in [0.15, 0.2) is 30.3 Å². The van der Waals surface area contributed by atoms with Gasteiger partial charge in [-0.05, 0) is 31.2 Å². The van der Waals surface area contributed by atoms with Crippen LogP contribution in [0.4, 0.5) is 0 Å². The van der Waals surface area contributed by atoms with E-state index in [2.05, 4.69) is 32.9 Å². The zero-order chi connectivity index (χ0) is 12.4. The van der Waals surface area contributed by atoms with E-state index in [0.717, 1.165) is 6.42 Å². The molecular formula is C14H24N2. The quantitative estimate of drug-likeness (QED) is 0.819. The van der Waals surface area contributed by atoms with Crippen LogP contribution in [0.1, 0.15) is 39.7 Å². The molecule has 0 aromatic heterocycles. The first-order valence-electron chi connectivity index (χ1n) is 5.86. The van der Waals surface area contributed by atoms with Crippen LogP contribution in [0.3, 0.4) is 0 Å². The zero-order valence-electron chi connectivity index (χ0n) is 10.8. The highest BCUT2D eigenvalue weighted by Gasteiger charge is 2.32. The third kappa shape index (κ3) is 3.06. The molecule has 0 saturated carbocycles. The summed E-state index contributed by atoms with van der Waals surface area (Å²) in [5.41, 5.74) is 13.3. The van der Waals surface area contributed by atoms with Gasteiger partial charge in [0.2, 0.25) is 0 Å². The molecule has 2 heteroatoms. The molecule has 0 aliphatic heterocycles. The Labute approximate surface area is 99.0 Å². The summed E-state index contributed by atoms with van der Waals surface area (Å²) >= 11 is 0. The molecular weight excluding hydrogens is 196 g/mol. The third-order valence-electron chi connectivity index (χ3n) is 3.49. The Kier molecular flexibility index (Phi) is 3.76. The molecule has 90 valence electrons. The maximum absolute atomic E-state index is 6.41. The average molecular weight is 220 g/mol. The van der Waals surface area contributed by atoms with Gasteiger partial charge >= 0.3 is 0 Å². The Morgan fingerprint density at radius 3 is 2.06 bits per heavy atom. The van der Waals surface area contributed by atoms with Gasteiger partial charge in [-0.25, -0.2) is 0 Å². The van der Waals surface area contributed by atoms with Crippen molar-refractivity contribution in [2.45, 2.75) is 45.7 Å². The minimum atomic E-state index is -0.321. The molecule has 0 fully saturated rings. The zero-order valence-corrected chi connectivity index (χ0v) is 10.8. The van der Waals surface area contributed by atoms with Crippen molar-refractivity contribution in [2.75, 3.05) is 0 Å². The summed E-state index contributed by atoms with van der Waals surface area (Å²) in [7, 11) is 0. The van der Waals surface area contributed by atoms with E-state index in [-0.39, 0.29) is 17.0 Å². The predicted octanol–water partition coefficient (Wildman–Crippen LogP) is 2.62. The van der Waals surface area contributed by atoms with E-state index in [9.17, 15) is 0 Å². The van der Waals surface area contributed by atoms with Crippen LogP contribution >= 0.6 is 0 Å². The lowest BCUT2D eigenvalue weighted by molar-refractivity contribution is 0.211. The maximum atomic E-state index is 6.41. The van der Waals surface area contributed by atoms with E-state index in [0.29, 0.717) is 0 Å². The fraction of sp³-hybridized carbons (Fsp3) is 0.571. The largest absolute Gasteiger partial charge is 0.327 e. The molecule has 0 spiro atoms. The van der Waals surface area contributed by atoms with Gasteiger partial charge in [-0.3, -0.25) is 0 Å². The van der Waals surface area contributed by atoms with Crippen LogP contribution in [0, 0.1) is 5.41 Å². The Morgan fingerprint density at radius 2 is 1.62 bits per heavy atom. The van der Waals surface area contributed by atoms with Gasteiger partial charge in [-0.1, -0.05) is 44.2 Å². The van der Waals surface area contributed by atoms with Crippen molar-refractivity contribution in [1.29, 1.82) is 0 Å². The second-order valence-electron chi connectivity index (χ2n) is 5.74.